The number of phenols is 1. The summed E-state index contributed by atoms with van der Waals surface area (Å²) in [6.07, 6.45) is 2.61. The van der Waals surface area contributed by atoms with Gasteiger partial charge in [0.1, 0.15) is 5.75 Å². The number of aryl methyl sites for hydroxylation is 1. The minimum Gasteiger partial charge on any atom is -0.508 e. The van der Waals surface area contributed by atoms with Crippen LogP contribution in [0.2, 0.25) is 0 Å². The smallest absolute Gasteiger partial charge is 0.231 e. The normalized spacial score (nSPS) is 9.81. The van der Waals surface area contributed by atoms with Gasteiger partial charge >= 0.3 is 0 Å². The summed E-state index contributed by atoms with van der Waals surface area (Å²) in [6, 6.07) is 6.71. The molecular weight excluding hydrogens is 321 g/mol. The summed E-state index contributed by atoms with van der Waals surface area (Å²) in [5.41, 5.74) is 0.978. The number of carbonyl (C=O) groups is 1. The molecule has 0 fully saturated rings. The van der Waals surface area contributed by atoms with Gasteiger partial charge in [-0.05, 0) is 24.1 Å². The van der Waals surface area contributed by atoms with E-state index in [1.807, 2.05) is 0 Å². The van der Waals surface area contributed by atoms with Crippen LogP contribution in [0.25, 0.3) is 0 Å². The van der Waals surface area contributed by atoms with Gasteiger partial charge in [-0.1, -0.05) is 12.1 Å². The minimum atomic E-state index is -0.1000. The Morgan fingerprint density at radius 1 is 1.38 bits per heavy atom. The highest BCUT2D eigenvalue weighted by atomic mass is 127. The van der Waals surface area contributed by atoms with Crippen LogP contribution in [0.15, 0.2) is 24.3 Å². The van der Waals surface area contributed by atoms with Gasteiger partial charge in [-0.25, -0.2) is 0 Å². The van der Waals surface area contributed by atoms with Gasteiger partial charge in [-0.15, -0.1) is 0 Å². The van der Waals surface area contributed by atoms with Crippen LogP contribution in [-0.2, 0) is 16.0 Å². The van der Waals surface area contributed by atoms with Crippen molar-refractivity contribution in [1.82, 2.24) is 3.11 Å². The van der Waals surface area contributed by atoms with Gasteiger partial charge < -0.3 is 5.11 Å². The van der Waals surface area contributed by atoms with E-state index in [0.717, 1.165) is 5.56 Å². The molecule has 0 aliphatic heterocycles. The summed E-state index contributed by atoms with van der Waals surface area (Å²) in [4.78, 5) is 21.5. The summed E-state index contributed by atoms with van der Waals surface area (Å²) >= 11 is 1.80. The van der Waals surface area contributed by atoms with Crippen molar-refractivity contribution in [2.24, 2.45) is 0 Å². The van der Waals surface area contributed by atoms with E-state index in [0.29, 0.717) is 12.8 Å². The fourth-order valence-corrected chi connectivity index (χ4v) is 1.56. The van der Waals surface area contributed by atoms with Crippen LogP contribution in [0, 0.1) is 0 Å². The third kappa shape index (κ3) is 4.18. The molecule has 85 valence electrons. The van der Waals surface area contributed by atoms with Crippen LogP contribution in [0.5, 0.6) is 5.75 Å². The number of hydrogen-bond donors (Lipinski definition) is 1. The van der Waals surface area contributed by atoms with Crippen molar-refractivity contribution in [3.05, 3.63) is 29.8 Å². The number of rotatable bonds is 5. The second kappa shape index (κ2) is 6.47. The maximum atomic E-state index is 11.5. The first kappa shape index (κ1) is 13.0. The van der Waals surface area contributed by atoms with Gasteiger partial charge in [0.2, 0.25) is 12.2 Å². The van der Waals surface area contributed by atoms with Gasteiger partial charge in [0.05, 0.1) is 29.4 Å². The molecule has 4 nitrogen and oxygen atoms in total. The molecule has 5 heteroatoms. The van der Waals surface area contributed by atoms with E-state index < -0.39 is 0 Å². The largest absolute Gasteiger partial charge is 0.508 e. The highest BCUT2D eigenvalue weighted by Gasteiger charge is 2.09. The summed E-state index contributed by atoms with van der Waals surface area (Å²) in [6.45, 7) is -0.00499. The molecule has 0 heterocycles. The van der Waals surface area contributed by atoms with Crippen LogP contribution >= 0.6 is 22.9 Å². The van der Waals surface area contributed by atoms with E-state index in [1.54, 1.807) is 53.4 Å². The molecule has 0 aliphatic carbocycles. The van der Waals surface area contributed by atoms with E-state index in [4.69, 9.17) is 5.11 Å². The highest BCUT2D eigenvalue weighted by molar-refractivity contribution is 14.1. The standard InChI is InChI=1S/C11H11INO3/c12-13(7-8-14)11(16)6-3-9-1-4-10(15)5-2-9/h1-2,4-5,15H,3,6-7H2. The van der Waals surface area contributed by atoms with E-state index in [9.17, 15) is 9.59 Å². The molecule has 0 atom stereocenters. The predicted octanol–water partition coefficient (Wildman–Crippen LogP) is 1.61. The topological polar surface area (TPSA) is 57.6 Å². The Balaban J connectivity index is 2.42. The molecule has 16 heavy (non-hydrogen) atoms. The van der Waals surface area contributed by atoms with Crippen LogP contribution in [0.4, 0.5) is 0 Å². The summed E-state index contributed by atoms with van der Waals surface area (Å²) in [5.74, 6) is 0.109. The lowest BCUT2D eigenvalue weighted by molar-refractivity contribution is -0.124. The predicted molar refractivity (Wildman–Crippen MR) is 67.9 cm³/mol. The van der Waals surface area contributed by atoms with Crippen molar-refractivity contribution in [2.75, 3.05) is 6.54 Å². The van der Waals surface area contributed by atoms with E-state index >= 15 is 0 Å². The zero-order chi connectivity index (χ0) is 12.0. The lowest BCUT2D eigenvalue weighted by Crippen LogP contribution is -2.22. The molecule has 0 aliphatic rings. The second-order valence-corrected chi connectivity index (χ2v) is 4.39. The van der Waals surface area contributed by atoms with Crippen molar-refractivity contribution < 1.29 is 14.7 Å². The van der Waals surface area contributed by atoms with Crippen molar-refractivity contribution in [3.63, 3.8) is 0 Å². The van der Waals surface area contributed by atoms with Gasteiger partial charge in [0.25, 0.3) is 0 Å². The minimum absolute atomic E-state index is 0.00499. The molecule has 0 saturated carbocycles. The van der Waals surface area contributed by atoms with Crippen LogP contribution < -0.4 is 0 Å². The molecule has 1 rings (SSSR count). The van der Waals surface area contributed by atoms with E-state index in [-0.39, 0.29) is 18.2 Å². The molecule has 1 N–H and O–H groups in total. The highest BCUT2D eigenvalue weighted by Crippen LogP contribution is 2.12. The van der Waals surface area contributed by atoms with Crippen molar-refractivity contribution in [1.29, 1.82) is 0 Å². The van der Waals surface area contributed by atoms with Crippen molar-refractivity contribution in [2.45, 2.75) is 12.8 Å². The Labute approximate surface area is 108 Å². The first-order valence-electron chi connectivity index (χ1n) is 4.72. The van der Waals surface area contributed by atoms with Gasteiger partial charge in [0, 0.05) is 6.42 Å². The molecular formula is C11H11INO3. The summed E-state index contributed by atoms with van der Waals surface area (Å²) in [5, 5.41) is 9.07. The molecule has 1 aromatic rings. The quantitative estimate of drug-likeness (QED) is 0.658. The maximum absolute atomic E-state index is 11.5. The van der Waals surface area contributed by atoms with E-state index in [1.165, 1.54) is 3.11 Å². The molecule has 0 aromatic heterocycles. The molecule has 0 bridgehead atoms. The number of phenolic OH excluding ortho intramolecular Hbond substituents is 1. The van der Waals surface area contributed by atoms with Crippen molar-refractivity contribution >= 4 is 35.1 Å². The summed E-state index contributed by atoms with van der Waals surface area (Å²) < 4.78 is 1.31. The fourth-order valence-electron chi connectivity index (χ4n) is 1.18. The van der Waals surface area contributed by atoms with Gasteiger partial charge in [-0.3, -0.25) is 12.7 Å². The van der Waals surface area contributed by atoms with Crippen LogP contribution in [0.1, 0.15) is 12.0 Å². The number of nitrogens with zero attached hydrogens (tertiary/aromatic N) is 1. The SMILES string of the molecule is O=[C]CN(I)C(=O)CCc1ccc(O)cc1. The Morgan fingerprint density at radius 2 is 2.00 bits per heavy atom. The third-order valence-electron chi connectivity index (χ3n) is 2.04. The van der Waals surface area contributed by atoms with Crippen molar-refractivity contribution in [3.8, 4) is 5.75 Å². The Bertz CT molecular complexity index is 364. The zero-order valence-electron chi connectivity index (χ0n) is 8.52. The molecule has 0 saturated heterocycles. The average molecular weight is 332 g/mol. The molecule has 0 unspecified atom stereocenters. The molecule has 0 spiro atoms. The van der Waals surface area contributed by atoms with Gasteiger partial charge in [0.15, 0.2) is 0 Å². The maximum Gasteiger partial charge on any atom is 0.231 e. The average Bonchev–Trinajstić information content (AvgIpc) is 2.28. The number of benzene rings is 1. The van der Waals surface area contributed by atoms with Crippen LogP contribution in [0.3, 0.4) is 0 Å². The molecule has 1 aromatic carbocycles. The molecule has 1 radical (unpaired) electrons. The Kier molecular flexibility index (Phi) is 5.24. The monoisotopic (exact) mass is 332 g/mol. The lowest BCUT2D eigenvalue weighted by atomic mass is 10.1. The number of amides is 1. The zero-order valence-corrected chi connectivity index (χ0v) is 10.7. The number of halogens is 1. The Morgan fingerprint density at radius 3 is 2.56 bits per heavy atom. The number of carbonyl (C=O) groups excluding carboxylic acids is 2. The number of hydrogen-bond acceptors (Lipinski definition) is 3. The first-order valence-corrected chi connectivity index (χ1v) is 5.69. The van der Waals surface area contributed by atoms with E-state index in [2.05, 4.69) is 0 Å². The van der Waals surface area contributed by atoms with Gasteiger partial charge in [-0.2, -0.15) is 0 Å². The number of aromatic hydroxyl groups is 1. The molecule has 1 amide bonds. The van der Waals surface area contributed by atoms with Crippen LogP contribution in [-0.4, -0.2) is 27.0 Å². The first-order chi connectivity index (χ1) is 7.63. The summed E-state index contributed by atoms with van der Waals surface area (Å²) in [7, 11) is 0. The lowest BCUT2D eigenvalue weighted by Gasteiger charge is -2.10. The second-order valence-electron chi connectivity index (χ2n) is 3.22. The fraction of sp³-hybridized carbons (Fsp3) is 0.273. The Hall–Kier alpha value is -1.11. The third-order valence-corrected chi connectivity index (χ3v) is 2.92.